The summed E-state index contributed by atoms with van der Waals surface area (Å²) in [6.07, 6.45) is 1.82. The quantitative estimate of drug-likeness (QED) is 0.539. The number of aliphatic carboxylic acids is 1. The van der Waals surface area contributed by atoms with Crippen LogP contribution in [0, 0.1) is 0 Å². The van der Waals surface area contributed by atoms with Crippen LogP contribution in [0.5, 0.6) is 5.75 Å². The minimum absolute atomic E-state index is 0.492. The second-order valence-electron chi connectivity index (χ2n) is 8.24. The Balaban J connectivity index is 1.49. The van der Waals surface area contributed by atoms with Gasteiger partial charge in [0.2, 0.25) is 0 Å². The molecule has 1 saturated heterocycles. The average molecular weight is 420 g/mol. The van der Waals surface area contributed by atoms with E-state index < -0.39 is 12.0 Å². The lowest BCUT2D eigenvalue weighted by atomic mass is 10.0. The number of carboxylic acid groups (broad SMARTS) is 1. The highest BCUT2D eigenvalue weighted by atomic mass is 16.5. The molecule has 1 aromatic heterocycles. The summed E-state index contributed by atoms with van der Waals surface area (Å²) in [7, 11) is 0. The highest BCUT2D eigenvalue weighted by Gasteiger charge is 2.32. The number of aromatic nitrogens is 1. The first-order chi connectivity index (χ1) is 15.0. The fraction of sp³-hybridized carbons (Fsp3) is 0.320. The van der Waals surface area contributed by atoms with E-state index in [1.165, 1.54) is 0 Å². The molecule has 1 fully saturated rings. The van der Waals surface area contributed by atoms with Gasteiger partial charge < -0.3 is 14.8 Å². The van der Waals surface area contributed by atoms with Gasteiger partial charge in [0.15, 0.2) is 0 Å². The Bertz CT molecular complexity index is 1050. The summed E-state index contributed by atoms with van der Waals surface area (Å²) in [4.78, 5) is 19.8. The van der Waals surface area contributed by atoms with Crippen LogP contribution in [0.4, 0.5) is 0 Å². The fourth-order valence-corrected chi connectivity index (χ4v) is 4.23. The SMILES string of the molecule is C=C(C)CN1CCN(C(C(=O)O)c2c[nH]c3cc(OCc4ccccc4)ccc23)CC1. The zero-order valence-electron chi connectivity index (χ0n) is 17.9. The Morgan fingerprint density at radius 3 is 2.58 bits per heavy atom. The first-order valence-electron chi connectivity index (χ1n) is 10.6. The van der Waals surface area contributed by atoms with Gasteiger partial charge in [-0.3, -0.25) is 14.6 Å². The van der Waals surface area contributed by atoms with E-state index in [9.17, 15) is 9.90 Å². The molecule has 2 N–H and O–H groups in total. The third-order valence-corrected chi connectivity index (χ3v) is 5.73. The third-order valence-electron chi connectivity index (χ3n) is 5.73. The lowest BCUT2D eigenvalue weighted by Crippen LogP contribution is -2.49. The highest BCUT2D eigenvalue weighted by Crippen LogP contribution is 2.31. The molecule has 2 aromatic carbocycles. The van der Waals surface area contributed by atoms with Crippen molar-refractivity contribution in [1.82, 2.24) is 14.8 Å². The van der Waals surface area contributed by atoms with E-state index in [0.717, 1.165) is 66.1 Å². The van der Waals surface area contributed by atoms with Crippen LogP contribution < -0.4 is 4.74 Å². The van der Waals surface area contributed by atoms with Gasteiger partial charge in [-0.15, -0.1) is 0 Å². The van der Waals surface area contributed by atoms with Gasteiger partial charge >= 0.3 is 5.97 Å². The van der Waals surface area contributed by atoms with Crippen LogP contribution in [0.25, 0.3) is 10.9 Å². The molecule has 1 aliphatic rings. The van der Waals surface area contributed by atoms with Crippen LogP contribution in [0.2, 0.25) is 0 Å². The van der Waals surface area contributed by atoms with Gasteiger partial charge in [0.1, 0.15) is 18.4 Å². The summed E-state index contributed by atoms with van der Waals surface area (Å²) >= 11 is 0. The van der Waals surface area contributed by atoms with Crippen molar-refractivity contribution in [2.45, 2.75) is 19.6 Å². The molecule has 1 aliphatic heterocycles. The Morgan fingerprint density at radius 1 is 1.16 bits per heavy atom. The number of ether oxygens (including phenoxy) is 1. The lowest BCUT2D eigenvalue weighted by Gasteiger charge is -2.37. The second kappa shape index (κ2) is 9.37. The van der Waals surface area contributed by atoms with E-state index in [-0.39, 0.29) is 0 Å². The van der Waals surface area contributed by atoms with Gasteiger partial charge in [0.25, 0.3) is 0 Å². The molecule has 0 saturated carbocycles. The van der Waals surface area contributed by atoms with E-state index in [2.05, 4.69) is 21.4 Å². The maximum absolute atomic E-state index is 12.2. The van der Waals surface area contributed by atoms with Crippen LogP contribution >= 0.6 is 0 Å². The molecule has 0 aliphatic carbocycles. The third kappa shape index (κ3) is 4.98. The lowest BCUT2D eigenvalue weighted by molar-refractivity contribution is -0.144. The summed E-state index contributed by atoms with van der Waals surface area (Å²) in [5.74, 6) is -0.0660. The molecule has 0 amide bonds. The molecular weight excluding hydrogens is 390 g/mol. The molecule has 162 valence electrons. The van der Waals surface area contributed by atoms with Gasteiger partial charge in [0.05, 0.1) is 0 Å². The van der Waals surface area contributed by atoms with Crippen molar-refractivity contribution in [1.29, 1.82) is 0 Å². The minimum atomic E-state index is -0.821. The number of aromatic amines is 1. The molecule has 0 bridgehead atoms. The van der Waals surface area contributed by atoms with Crippen LogP contribution in [-0.4, -0.2) is 58.6 Å². The first-order valence-corrected chi connectivity index (χ1v) is 10.6. The highest BCUT2D eigenvalue weighted by molar-refractivity contribution is 5.90. The summed E-state index contributed by atoms with van der Waals surface area (Å²) < 4.78 is 5.92. The summed E-state index contributed by atoms with van der Waals surface area (Å²) in [5.41, 5.74) is 3.91. The summed E-state index contributed by atoms with van der Waals surface area (Å²) in [6.45, 7) is 10.5. The van der Waals surface area contributed by atoms with Crippen LogP contribution in [0.3, 0.4) is 0 Å². The maximum atomic E-state index is 12.2. The monoisotopic (exact) mass is 419 g/mol. The Morgan fingerprint density at radius 2 is 1.90 bits per heavy atom. The number of hydrogen-bond acceptors (Lipinski definition) is 4. The fourth-order valence-electron chi connectivity index (χ4n) is 4.23. The predicted molar refractivity (Wildman–Crippen MR) is 122 cm³/mol. The van der Waals surface area contributed by atoms with E-state index in [0.29, 0.717) is 6.61 Å². The Hall–Kier alpha value is -3.09. The maximum Gasteiger partial charge on any atom is 0.325 e. The number of hydrogen-bond donors (Lipinski definition) is 2. The average Bonchev–Trinajstić information content (AvgIpc) is 3.17. The summed E-state index contributed by atoms with van der Waals surface area (Å²) in [6, 6.07) is 15.1. The number of fused-ring (bicyclic) bond motifs is 1. The van der Waals surface area contributed by atoms with E-state index >= 15 is 0 Å². The smallest absolute Gasteiger partial charge is 0.325 e. The van der Waals surface area contributed by atoms with Crippen molar-refractivity contribution in [2.24, 2.45) is 0 Å². The molecule has 0 radical (unpaired) electrons. The zero-order chi connectivity index (χ0) is 21.8. The number of rotatable bonds is 8. The normalized spacial score (nSPS) is 16.3. The van der Waals surface area contributed by atoms with Crippen LogP contribution in [-0.2, 0) is 11.4 Å². The number of benzene rings is 2. The largest absolute Gasteiger partial charge is 0.489 e. The topological polar surface area (TPSA) is 68.8 Å². The number of carboxylic acids is 1. The molecule has 31 heavy (non-hydrogen) atoms. The molecule has 6 nitrogen and oxygen atoms in total. The van der Waals surface area contributed by atoms with Crippen molar-refractivity contribution >= 4 is 16.9 Å². The molecule has 0 spiro atoms. The van der Waals surface area contributed by atoms with Gasteiger partial charge in [0, 0.05) is 61.5 Å². The van der Waals surface area contributed by atoms with Crippen molar-refractivity contribution in [3.63, 3.8) is 0 Å². The van der Waals surface area contributed by atoms with Crippen molar-refractivity contribution in [3.8, 4) is 5.75 Å². The molecule has 1 atom stereocenters. The van der Waals surface area contributed by atoms with Gasteiger partial charge in [-0.05, 0) is 24.6 Å². The van der Waals surface area contributed by atoms with E-state index in [4.69, 9.17) is 4.74 Å². The van der Waals surface area contributed by atoms with Crippen molar-refractivity contribution in [3.05, 3.63) is 78.0 Å². The predicted octanol–water partition coefficient (Wildman–Crippen LogP) is 4.07. The molecule has 4 rings (SSSR count). The number of piperazine rings is 1. The van der Waals surface area contributed by atoms with Gasteiger partial charge in [-0.2, -0.15) is 0 Å². The van der Waals surface area contributed by atoms with E-state index in [1.54, 1.807) is 0 Å². The van der Waals surface area contributed by atoms with Crippen LogP contribution in [0.15, 0.2) is 66.9 Å². The Kier molecular flexibility index (Phi) is 6.39. The van der Waals surface area contributed by atoms with Crippen molar-refractivity contribution < 1.29 is 14.6 Å². The minimum Gasteiger partial charge on any atom is -0.489 e. The Labute approximate surface area is 182 Å². The summed E-state index contributed by atoms with van der Waals surface area (Å²) in [5, 5.41) is 10.9. The number of carbonyl (C=O) groups is 1. The van der Waals surface area contributed by atoms with E-state index in [1.807, 2.05) is 61.7 Å². The van der Waals surface area contributed by atoms with Crippen molar-refractivity contribution in [2.75, 3.05) is 32.7 Å². The molecule has 6 heteroatoms. The second-order valence-corrected chi connectivity index (χ2v) is 8.24. The van der Waals surface area contributed by atoms with Crippen LogP contribution in [0.1, 0.15) is 24.1 Å². The molecular formula is C25H29N3O3. The number of H-pyrrole nitrogens is 1. The molecule has 2 heterocycles. The molecule has 1 unspecified atom stereocenters. The zero-order valence-corrected chi connectivity index (χ0v) is 17.9. The van der Waals surface area contributed by atoms with Gasteiger partial charge in [-0.1, -0.05) is 42.5 Å². The number of nitrogens with zero attached hydrogens (tertiary/aromatic N) is 2. The standard InChI is InChI=1S/C25H29N3O3/c1-18(2)16-27-10-12-28(13-11-27)24(25(29)30)22-15-26-23-14-20(8-9-21(22)23)31-17-19-6-4-3-5-7-19/h3-9,14-15,24,26H,1,10-13,16-17H2,2H3,(H,29,30). The number of nitrogens with one attached hydrogen (secondary N) is 1. The first kappa shape index (κ1) is 21.2. The molecule has 3 aromatic rings. The van der Waals surface area contributed by atoms with Gasteiger partial charge in [-0.25, -0.2) is 0 Å².